The summed E-state index contributed by atoms with van der Waals surface area (Å²) in [6, 6.07) is 4.01. The van der Waals surface area contributed by atoms with Gasteiger partial charge in [0.25, 0.3) is 5.91 Å². The molecule has 2 amide bonds. The highest BCUT2D eigenvalue weighted by Crippen LogP contribution is 2.68. The van der Waals surface area contributed by atoms with Crippen LogP contribution in [0.25, 0.3) is 0 Å². The van der Waals surface area contributed by atoms with Crippen LogP contribution >= 0.6 is 11.6 Å². The van der Waals surface area contributed by atoms with Gasteiger partial charge < -0.3 is 15.8 Å². The van der Waals surface area contributed by atoms with Gasteiger partial charge in [0.15, 0.2) is 6.61 Å². The van der Waals surface area contributed by atoms with Gasteiger partial charge in [0.2, 0.25) is 5.91 Å². The number of primary amides is 1. The smallest absolute Gasteiger partial charge is 0.258 e. The number of ether oxygens (including phenoxy) is 1. The molecule has 0 saturated heterocycles. The second kappa shape index (κ2) is 5.12. The van der Waals surface area contributed by atoms with Gasteiger partial charge in [-0.25, -0.2) is 4.39 Å². The molecule has 0 aliphatic heterocycles. The number of nitrogens with two attached hydrogens (primary N) is 1. The van der Waals surface area contributed by atoms with E-state index in [-0.39, 0.29) is 40.1 Å². The minimum Gasteiger partial charge on any atom is -0.484 e. The maximum Gasteiger partial charge on any atom is 0.258 e. The minimum absolute atomic E-state index is 0.000716. The molecule has 0 atom stereocenters. The highest BCUT2D eigenvalue weighted by atomic mass is 35.5. The molecule has 1 aromatic carbocycles. The lowest BCUT2D eigenvalue weighted by Crippen LogP contribution is -2.75. The lowest BCUT2D eigenvalue weighted by atomic mass is 9.38. The maximum absolute atomic E-state index is 13.2. The molecule has 4 rings (SSSR count). The SMILES string of the molecule is NC(=O)CC12CC(NC(=O)COc3ccc(Cl)c(F)c3)(C1)C2. The fourth-order valence-corrected chi connectivity index (χ4v) is 3.85. The van der Waals surface area contributed by atoms with E-state index in [2.05, 4.69) is 5.32 Å². The van der Waals surface area contributed by atoms with Crippen molar-refractivity contribution in [2.24, 2.45) is 11.1 Å². The van der Waals surface area contributed by atoms with Crippen LogP contribution in [0.1, 0.15) is 25.7 Å². The van der Waals surface area contributed by atoms with Gasteiger partial charge in [0, 0.05) is 18.0 Å². The first-order valence-electron chi connectivity index (χ1n) is 6.99. The molecule has 118 valence electrons. The van der Waals surface area contributed by atoms with Gasteiger partial charge in [-0.15, -0.1) is 0 Å². The van der Waals surface area contributed by atoms with Crippen molar-refractivity contribution in [2.75, 3.05) is 6.61 Å². The van der Waals surface area contributed by atoms with Gasteiger partial charge in [-0.2, -0.15) is 0 Å². The Morgan fingerprint density at radius 3 is 2.64 bits per heavy atom. The van der Waals surface area contributed by atoms with Crippen molar-refractivity contribution in [3.63, 3.8) is 0 Å². The number of carbonyl (C=O) groups excluding carboxylic acids is 2. The molecule has 7 heteroatoms. The summed E-state index contributed by atoms with van der Waals surface area (Å²) in [7, 11) is 0. The van der Waals surface area contributed by atoms with E-state index in [9.17, 15) is 14.0 Å². The summed E-state index contributed by atoms with van der Waals surface area (Å²) in [5.41, 5.74) is 5.00. The first kappa shape index (κ1) is 15.1. The molecular weight excluding hydrogens is 311 g/mol. The zero-order chi connectivity index (χ0) is 16.0. The molecule has 3 aliphatic carbocycles. The number of benzene rings is 1. The first-order chi connectivity index (χ1) is 10.3. The van der Waals surface area contributed by atoms with E-state index in [1.165, 1.54) is 12.1 Å². The van der Waals surface area contributed by atoms with Crippen molar-refractivity contribution in [1.29, 1.82) is 0 Å². The molecule has 5 nitrogen and oxygen atoms in total. The molecule has 3 saturated carbocycles. The lowest BCUT2D eigenvalue weighted by molar-refractivity contribution is -0.172. The fraction of sp³-hybridized carbons (Fsp3) is 0.467. The van der Waals surface area contributed by atoms with Gasteiger partial charge in [0.05, 0.1) is 5.02 Å². The second-order valence-electron chi connectivity index (χ2n) is 6.37. The van der Waals surface area contributed by atoms with Gasteiger partial charge in [-0.05, 0) is 36.8 Å². The molecule has 0 aromatic heterocycles. The number of rotatable bonds is 6. The zero-order valence-corrected chi connectivity index (χ0v) is 12.6. The second-order valence-corrected chi connectivity index (χ2v) is 6.77. The van der Waals surface area contributed by atoms with Gasteiger partial charge in [0.1, 0.15) is 11.6 Å². The fourth-order valence-electron chi connectivity index (χ4n) is 3.74. The summed E-state index contributed by atoms with van der Waals surface area (Å²) >= 11 is 5.57. The number of halogens is 2. The Bertz CT molecular complexity index is 630. The van der Waals surface area contributed by atoms with Crippen LogP contribution in [-0.4, -0.2) is 24.0 Å². The maximum atomic E-state index is 13.2. The van der Waals surface area contributed by atoms with E-state index in [1.807, 2.05) is 0 Å². The quantitative estimate of drug-likeness (QED) is 0.836. The van der Waals surface area contributed by atoms with Crippen LogP contribution in [0, 0.1) is 11.2 Å². The van der Waals surface area contributed by atoms with Crippen LogP contribution in [0.5, 0.6) is 5.75 Å². The normalized spacial score (nSPS) is 28.3. The highest BCUT2D eigenvalue weighted by Gasteiger charge is 2.68. The Kier molecular flexibility index (Phi) is 3.51. The number of hydrogen-bond acceptors (Lipinski definition) is 3. The third-order valence-corrected chi connectivity index (χ3v) is 4.66. The monoisotopic (exact) mass is 326 g/mol. The first-order valence-corrected chi connectivity index (χ1v) is 7.37. The Morgan fingerprint density at radius 1 is 1.36 bits per heavy atom. The minimum atomic E-state index is -0.590. The van der Waals surface area contributed by atoms with Gasteiger partial charge in [-0.3, -0.25) is 9.59 Å². The lowest BCUT2D eigenvalue weighted by Gasteiger charge is -2.70. The van der Waals surface area contributed by atoms with E-state index in [0.717, 1.165) is 25.3 Å². The number of nitrogens with one attached hydrogen (secondary N) is 1. The Labute approximate surface area is 131 Å². The van der Waals surface area contributed by atoms with Crippen LogP contribution in [0.15, 0.2) is 18.2 Å². The summed E-state index contributed by atoms with van der Waals surface area (Å²) in [4.78, 5) is 22.8. The Balaban J connectivity index is 1.45. The summed E-state index contributed by atoms with van der Waals surface area (Å²) in [5.74, 6) is -0.900. The number of hydrogen-bond donors (Lipinski definition) is 2. The average molecular weight is 327 g/mol. The van der Waals surface area contributed by atoms with Crippen LogP contribution in [-0.2, 0) is 9.59 Å². The van der Waals surface area contributed by atoms with E-state index >= 15 is 0 Å². The van der Waals surface area contributed by atoms with Gasteiger partial charge >= 0.3 is 0 Å². The molecule has 22 heavy (non-hydrogen) atoms. The van der Waals surface area contributed by atoms with Crippen LogP contribution in [0.3, 0.4) is 0 Å². The molecule has 2 bridgehead atoms. The topological polar surface area (TPSA) is 81.4 Å². The summed E-state index contributed by atoms with van der Waals surface area (Å²) in [6.07, 6.45) is 2.73. The summed E-state index contributed by atoms with van der Waals surface area (Å²) in [6.45, 7) is -0.189. The van der Waals surface area contributed by atoms with Crippen molar-refractivity contribution in [2.45, 2.75) is 31.2 Å². The van der Waals surface area contributed by atoms with Crippen molar-refractivity contribution in [3.05, 3.63) is 29.0 Å². The van der Waals surface area contributed by atoms with Crippen molar-refractivity contribution in [1.82, 2.24) is 5.32 Å². The molecule has 3 aliphatic rings. The highest BCUT2D eigenvalue weighted by molar-refractivity contribution is 6.30. The van der Waals surface area contributed by atoms with Crippen molar-refractivity contribution >= 4 is 23.4 Å². The predicted octanol–water partition coefficient (Wildman–Crippen LogP) is 1.77. The van der Waals surface area contributed by atoms with Crippen LogP contribution < -0.4 is 15.8 Å². The largest absolute Gasteiger partial charge is 0.484 e. The number of carbonyl (C=O) groups is 2. The molecular formula is C15H16ClFN2O3. The third-order valence-electron chi connectivity index (χ3n) is 4.35. The molecule has 0 spiro atoms. The molecule has 1 aromatic rings. The van der Waals surface area contributed by atoms with E-state index in [0.29, 0.717) is 6.42 Å². The van der Waals surface area contributed by atoms with E-state index in [1.54, 1.807) is 0 Å². The molecule has 3 N–H and O–H groups in total. The molecule has 0 unspecified atom stereocenters. The zero-order valence-electron chi connectivity index (χ0n) is 11.8. The molecule has 0 heterocycles. The summed E-state index contributed by atoms with van der Waals surface area (Å²) < 4.78 is 18.5. The number of amides is 2. The van der Waals surface area contributed by atoms with Crippen molar-refractivity contribution in [3.8, 4) is 5.75 Å². The van der Waals surface area contributed by atoms with Gasteiger partial charge in [-0.1, -0.05) is 11.6 Å². The third kappa shape index (κ3) is 2.75. The van der Waals surface area contributed by atoms with Crippen LogP contribution in [0.4, 0.5) is 4.39 Å². The Hall–Kier alpha value is -1.82. The average Bonchev–Trinajstić information content (AvgIpc) is 2.36. The van der Waals surface area contributed by atoms with E-state index in [4.69, 9.17) is 22.1 Å². The standard InChI is InChI=1S/C15H16ClFN2O3/c16-10-2-1-9(3-11(10)17)22-5-13(21)19-15-6-14(7-15,8-15)4-12(18)20/h1-3H,4-8H2,(H2,18,20)(H,19,21). The molecule has 3 fully saturated rings. The predicted molar refractivity (Wildman–Crippen MR) is 77.9 cm³/mol. The van der Waals surface area contributed by atoms with Crippen molar-refractivity contribution < 1.29 is 18.7 Å². The van der Waals surface area contributed by atoms with E-state index < -0.39 is 5.82 Å². The Morgan fingerprint density at radius 2 is 2.05 bits per heavy atom. The molecule has 0 radical (unpaired) electrons. The van der Waals surface area contributed by atoms with Crippen LogP contribution in [0.2, 0.25) is 5.02 Å². The summed E-state index contributed by atoms with van der Waals surface area (Å²) in [5, 5.41) is 2.92.